The molecule has 0 aromatic heterocycles. The van der Waals surface area contributed by atoms with Crippen LogP contribution in [0.3, 0.4) is 0 Å². The van der Waals surface area contributed by atoms with E-state index in [0.29, 0.717) is 19.3 Å². The minimum atomic E-state index is -0.854. The van der Waals surface area contributed by atoms with Gasteiger partial charge in [0, 0.05) is 19.3 Å². The fraction of sp³-hybridized carbons (Fsp3) is 0.456. The molecule has 0 radical (unpaired) electrons. The Kier molecular flexibility index (Phi) is 45.3. The van der Waals surface area contributed by atoms with E-state index >= 15 is 0 Å². The molecule has 346 valence electrons. The Morgan fingerprint density at radius 3 is 1.10 bits per heavy atom. The fourth-order valence-corrected chi connectivity index (χ4v) is 5.45. The zero-order chi connectivity index (χ0) is 45.8. The van der Waals surface area contributed by atoms with Crippen LogP contribution in [0.1, 0.15) is 149 Å². The Morgan fingerprint density at radius 1 is 0.333 bits per heavy atom. The fourth-order valence-electron chi connectivity index (χ4n) is 5.45. The molecule has 0 rings (SSSR count). The SMILES string of the molecule is CC/C=C/C=C/C=C/C=C/C=C/CCCC(=O)OC(COC(=O)CCCCC/C=C/C=C/C=C/C=C/CC)COC(=O)CCCCC/C=C/C/C=C/C/C=C/C/C=C/C/C=C/CC. The molecule has 0 aliphatic rings. The highest BCUT2D eigenvalue weighted by molar-refractivity contribution is 5.71. The maximum absolute atomic E-state index is 12.7. The molecule has 0 aliphatic carbocycles. The van der Waals surface area contributed by atoms with Crippen LogP contribution in [0.15, 0.2) is 170 Å². The average Bonchev–Trinajstić information content (AvgIpc) is 3.28. The van der Waals surface area contributed by atoms with Crippen LogP contribution in [0.2, 0.25) is 0 Å². The van der Waals surface area contributed by atoms with E-state index in [0.717, 1.165) is 89.9 Å². The van der Waals surface area contributed by atoms with Crippen LogP contribution in [0.5, 0.6) is 0 Å². The molecule has 0 spiro atoms. The van der Waals surface area contributed by atoms with Crippen molar-refractivity contribution in [3.8, 4) is 0 Å². The van der Waals surface area contributed by atoms with Gasteiger partial charge in [0.05, 0.1) is 0 Å². The van der Waals surface area contributed by atoms with E-state index in [1.165, 1.54) is 0 Å². The minimum absolute atomic E-state index is 0.147. The van der Waals surface area contributed by atoms with Gasteiger partial charge < -0.3 is 14.2 Å². The number of unbranched alkanes of at least 4 members (excludes halogenated alkanes) is 7. The molecule has 6 heteroatoms. The molecule has 63 heavy (non-hydrogen) atoms. The number of carbonyl (C=O) groups excluding carboxylic acids is 3. The molecule has 0 amide bonds. The third-order valence-corrected chi connectivity index (χ3v) is 8.92. The van der Waals surface area contributed by atoms with Gasteiger partial charge in [-0.25, -0.2) is 0 Å². The van der Waals surface area contributed by atoms with Gasteiger partial charge in [-0.05, 0) is 96.3 Å². The molecule has 0 saturated heterocycles. The summed E-state index contributed by atoms with van der Waals surface area (Å²) in [5.74, 6) is -1.11. The molecule has 0 aliphatic heterocycles. The Bertz CT molecular complexity index is 1550. The maximum Gasteiger partial charge on any atom is 0.306 e. The molecule has 0 fully saturated rings. The largest absolute Gasteiger partial charge is 0.462 e. The maximum atomic E-state index is 12.7. The lowest BCUT2D eigenvalue weighted by Crippen LogP contribution is -2.30. The molecule has 0 aromatic rings. The first-order valence-corrected chi connectivity index (χ1v) is 23.8. The van der Waals surface area contributed by atoms with Crippen molar-refractivity contribution in [3.05, 3.63) is 170 Å². The van der Waals surface area contributed by atoms with E-state index in [2.05, 4.69) is 99.8 Å². The Labute approximate surface area is 383 Å². The van der Waals surface area contributed by atoms with Crippen molar-refractivity contribution in [2.75, 3.05) is 13.2 Å². The van der Waals surface area contributed by atoms with E-state index in [1.807, 2.05) is 91.1 Å². The van der Waals surface area contributed by atoms with Crippen LogP contribution in [-0.2, 0) is 28.6 Å². The molecular formula is C57H82O6. The van der Waals surface area contributed by atoms with E-state index in [1.54, 1.807) is 0 Å². The minimum Gasteiger partial charge on any atom is -0.462 e. The van der Waals surface area contributed by atoms with Gasteiger partial charge in [0.1, 0.15) is 13.2 Å². The molecule has 6 nitrogen and oxygen atoms in total. The monoisotopic (exact) mass is 863 g/mol. The van der Waals surface area contributed by atoms with Crippen LogP contribution in [0.25, 0.3) is 0 Å². The van der Waals surface area contributed by atoms with Crippen molar-refractivity contribution >= 4 is 17.9 Å². The highest BCUT2D eigenvalue weighted by Crippen LogP contribution is 2.10. The number of allylic oxidation sites excluding steroid dienone is 28. The van der Waals surface area contributed by atoms with Crippen molar-refractivity contribution in [1.82, 2.24) is 0 Å². The van der Waals surface area contributed by atoms with Crippen LogP contribution in [0.4, 0.5) is 0 Å². The molecule has 1 atom stereocenters. The Balaban J connectivity index is 4.63. The Morgan fingerprint density at radius 2 is 0.667 bits per heavy atom. The highest BCUT2D eigenvalue weighted by Gasteiger charge is 2.19. The van der Waals surface area contributed by atoms with Gasteiger partial charge in [0.2, 0.25) is 0 Å². The number of hydrogen-bond acceptors (Lipinski definition) is 6. The molecule has 0 bridgehead atoms. The lowest BCUT2D eigenvalue weighted by Gasteiger charge is -2.18. The van der Waals surface area contributed by atoms with Gasteiger partial charge >= 0.3 is 17.9 Å². The molecule has 1 unspecified atom stereocenters. The van der Waals surface area contributed by atoms with Crippen LogP contribution in [-0.4, -0.2) is 37.2 Å². The first-order chi connectivity index (χ1) is 31.0. The summed E-state index contributed by atoms with van der Waals surface area (Å²) in [6.45, 7) is 6.06. The molecule has 0 aromatic carbocycles. The summed E-state index contributed by atoms with van der Waals surface area (Å²) in [7, 11) is 0. The van der Waals surface area contributed by atoms with E-state index in [9.17, 15) is 14.4 Å². The quantitative estimate of drug-likeness (QED) is 0.0201. The lowest BCUT2D eigenvalue weighted by atomic mass is 10.1. The second-order valence-corrected chi connectivity index (χ2v) is 14.7. The van der Waals surface area contributed by atoms with Crippen molar-refractivity contribution in [2.45, 2.75) is 155 Å². The number of hydrogen-bond donors (Lipinski definition) is 0. The first-order valence-electron chi connectivity index (χ1n) is 23.8. The van der Waals surface area contributed by atoms with Crippen LogP contribution in [0, 0.1) is 0 Å². The second-order valence-electron chi connectivity index (χ2n) is 14.7. The molecular weight excluding hydrogens is 781 g/mol. The standard InChI is InChI=1S/C57H82O6/c1-4-7-10-13-16-19-22-25-26-27-28-29-30-33-35-38-41-44-47-50-56(59)62-53-54(63-57(60)51-48-45-42-39-36-32-24-21-18-15-12-9-6-3)52-61-55(58)49-46-43-40-37-34-31-23-20-17-14-11-8-5-2/h7-12,14-21,23-26,28-29,31-36,39,42,54H,4-6,13,22,27,30,37-38,40-41,43-53H2,1-3H3/b10-7+,11-8+,12-9+,17-14+,18-15+,19-16+,23-20+,24-21+,26-25+,29-28+,34-31+,35-33+,36-32+,42-39+. The highest BCUT2D eigenvalue weighted by atomic mass is 16.6. The number of rotatable bonds is 39. The Hall–Kier alpha value is -5.23. The predicted octanol–water partition coefficient (Wildman–Crippen LogP) is 15.6. The van der Waals surface area contributed by atoms with E-state index in [-0.39, 0.29) is 44.4 Å². The van der Waals surface area contributed by atoms with Crippen molar-refractivity contribution in [1.29, 1.82) is 0 Å². The third-order valence-electron chi connectivity index (χ3n) is 8.92. The summed E-state index contributed by atoms with van der Waals surface area (Å²) >= 11 is 0. The normalized spacial score (nSPS) is 13.6. The third kappa shape index (κ3) is 47.7. The summed E-state index contributed by atoms with van der Waals surface area (Å²) in [4.78, 5) is 37.8. The smallest absolute Gasteiger partial charge is 0.306 e. The second kappa shape index (κ2) is 49.4. The lowest BCUT2D eigenvalue weighted by molar-refractivity contribution is -0.167. The zero-order valence-electron chi connectivity index (χ0n) is 39.2. The summed E-state index contributed by atoms with van der Waals surface area (Å²) in [5, 5.41) is 0. The summed E-state index contributed by atoms with van der Waals surface area (Å²) in [6.07, 6.45) is 73.5. The predicted molar refractivity (Wildman–Crippen MR) is 269 cm³/mol. The molecule has 0 heterocycles. The van der Waals surface area contributed by atoms with Gasteiger partial charge in [-0.15, -0.1) is 0 Å². The van der Waals surface area contributed by atoms with Crippen LogP contribution < -0.4 is 0 Å². The number of carbonyl (C=O) groups is 3. The average molecular weight is 863 g/mol. The van der Waals surface area contributed by atoms with Crippen molar-refractivity contribution < 1.29 is 28.6 Å². The van der Waals surface area contributed by atoms with Crippen LogP contribution >= 0.6 is 0 Å². The van der Waals surface area contributed by atoms with E-state index in [4.69, 9.17) is 14.2 Å². The van der Waals surface area contributed by atoms with Crippen molar-refractivity contribution in [2.24, 2.45) is 0 Å². The van der Waals surface area contributed by atoms with E-state index < -0.39 is 12.1 Å². The number of esters is 3. The van der Waals surface area contributed by atoms with Gasteiger partial charge in [-0.2, -0.15) is 0 Å². The van der Waals surface area contributed by atoms with Gasteiger partial charge in [0.15, 0.2) is 6.10 Å². The van der Waals surface area contributed by atoms with Crippen molar-refractivity contribution in [3.63, 3.8) is 0 Å². The first kappa shape index (κ1) is 57.8. The summed E-state index contributed by atoms with van der Waals surface area (Å²) in [6, 6.07) is 0. The summed E-state index contributed by atoms with van der Waals surface area (Å²) in [5.41, 5.74) is 0. The molecule has 0 saturated carbocycles. The summed E-state index contributed by atoms with van der Waals surface area (Å²) < 4.78 is 16.6. The molecule has 0 N–H and O–H groups in total. The van der Waals surface area contributed by atoms with Gasteiger partial charge in [-0.1, -0.05) is 204 Å². The zero-order valence-corrected chi connectivity index (χ0v) is 39.2. The van der Waals surface area contributed by atoms with Gasteiger partial charge in [-0.3, -0.25) is 14.4 Å². The number of ether oxygens (including phenoxy) is 3. The van der Waals surface area contributed by atoms with Gasteiger partial charge in [0.25, 0.3) is 0 Å². The topological polar surface area (TPSA) is 78.9 Å².